The van der Waals surface area contributed by atoms with Gasteiger partial charge in [-0.05, 0) is 32.4 Å². The van der Waals surface area contributed by atoms with Crippen molar-refractivity contribution in [1.82, 2.24) is 4.98 Å². The second kappa shape index (κ2) is 5.41. The summed E-state index contributed by atoms with van der Waals surface area (Å²) in [6.07, 6.45) is 1.37. The van der Waals surface area contributed by atoms with E-state index < -0.39 is 10.0 Å². The Morgan fingerprint density at radius 1 is 1.35 bits per heavy atom. The number of sulfonamides is 1. The Hall–Kier alpha value is -1.60. The van der Waals surface area contributed by atoms with Crippen LogP contribution in [0.5, 0.6) is 5.75 Å². The van der Waals surface area contributed by atoms with Crippen molar-refractivity contribution >= 4 is 27.0 Å². The van der Waals surface area contributed by atoms with Gasteiger partial charge in [-0.25, -0.2) is 13.4 Å². The number of benzene rings is 1. The lowest BCUT2D eigenvalue weighted by atomic mass is 10.2. The number of aryl methyl sites for hydroxylation is 2. The van der Waals surface area contributed by atoms with Gasteiger partial charge in [0.25, 0.3) is 10.0 Å². The van der Waals surface area contributed by atoms with Gasteiger partial charge in [-0.1, -0.05) is 6.07 Å². The molecule has 0 aliphatic rings. The summed E-state index contributed by atoms with van der Waals surface area (Å²) in [5.74, 6) is 0.0414. The van der Waals surface area contributed by atoms with Crippen LogP contribution in [0.3, 0.4) is 0 Å². The van der Waals surface area contributed by atoms with E-state index in [1.807, 2.05) is 6.92 Å². The quantitative estimate of drug-likeness (QED) is 0.942. The average Bonchev–Trinajstić information content (AvgIpc) is 2.81. The van der Waals surface area contributed by atoms with Gasteiger partial charge in [0.2, 0.25) is 0 Å². The second-order valence-electron chi connectivity index (χ2n) is 4.34. The molecule has 1 aromatic heterocycles. The number of thiazole rings is 1. The number of phenolic OH excluding ortho intramolecular Hbond substituents is 1. The largest absolute Gasteiger partial charge is 0.508 e. The predicted octanol–water partition coefficient (Wildman–Crippen LogP) is 2.68. The number of rotatable bonds is 4. The molecule has 0 aliphatic carbocycles. The number of hydrogen-bond acceptors (Lipinski definition) is 5. The van der Waals surface area contributed by atoms with Gasteiger partial charge in [-0.3, -0.25) is 4.31 Å². The molecule has 0 radical (unpaired) electrons. The Bertz CT molecular complexity index is 723. The van der Waals surface area contributed by atoms with Crippen LogP contribution >= 0.6 is 11.3 Å². The smallest absolute Gasteiger partial charge is 0.275 e. The second-order valence-corrected chi connectivity index (χ2v) is 7.66. The highest BCUT2D eigenvalue weighted by Crippen LogP contribution is 2.31. The summed E-state index contributed by atoms with van der Waals surface area (Å²) in [5.41, 5.74) is 1.27. The van der Waals surface area contributed by atoms with Crippen molar-refractivity contribution in [3.8, 4) is 5.75 Å². The first kappa shape index (κ1) is 14.8. The lowest BCUT2D eigenvalue weighted by Gasteiger charge is -2.23. The molecule has 0 aliphatic heterocycles. The standard InChI is InChI=1S/C13H16N2O3S2/c1-4-15(12-7-11(16)6-5-9(12)2)20(17,18)13-8-14-10(3)19-13/h5-8,16H,4H2,1-3H3. The molecule has 0 spiro atoms. The van der Waals surface area contributed by atoms with Gasteiger partial charge >= 0.3 is 0 Å². The summed E-state index contributed by atoms with van der Waals surface area (Å²) in [6.45, 7) is 5.61. The molecule has 7 heteroatoms. The maximum atomic E-state index is 12.7. The molecule has 1 heterocycles. The van der Waals surface area contributed by atoms with Gasteiger partial charge in [0, 0.05) is 12.6 Å². The molecule has 1 aromatic carbocycles. The molecular weight excluding hydrogens is 296 g/mol. The highest BCUT2D eigenvalue weighted by Gasteiger charge is 2.27. The highest BCUT2D eigenvalue weighted by atomic mass is 32.2. The van der Waals surface area contributed by atoms with E-state index in [2.05, 4.69) is 4.98 Å². The Balaban J connectivity index is 2.54. The van der Waals surface area contributed by atoms with Crippen LogP contribution in [-0.4, -0.2) is 25.1 Å². The summed E-state index contributed by atoms with van der Waals surface area (Å²) in [7, 11) is -3.64. The zero-order valence-electron chi connectivity index (χ0n) is 11.5. The van der Waals surface area contributed by atoms with E-state index in [1.54, 1.807) is 19.9 Å². The van der Waals surface area contributed by atoms with Crippen LogP contribution in [0, 0.1) is 13.8 Å². The summed E-state index contributed by atoms with van der Waals surface area (Å²) in [5, 5.41) is 10.3. The van der Waals surface area contributed by atoms with Crippen LogP contribution in [0.15, 0.2) is 28.6 Å². The average molecular weight is 312 g/mol. The van der Waals surface area contributed by atoms with Crippen molar-refractivity contribution in [2.45, 2.75) is 25.0 Å². The fourth-order valence-corrected chi connectivity index (χ4v) is 4.66. The van der Waals surface area contributed by atoms with Crippen molar-refractivity contribution in [3.05, 3.63) is 35.0 Å². The van der Waals surface area contributed by atoms with Gasteiger partial charge in [0.05, 0.1) is 16.9 Å². The van der Waals surface area contributed by atoms with E-state index in [9.17, 15) is 13.5 Å². The van der Waals surface area contributed by atoms with E-state index in [1.165, 1.54) is 22.6 Å². The van der Waals surface area contributed by atoms with Crippen molar-refractivity contribution in [2.24, 2.45) is 0 Å². The molecule has 0 fully saturated rings. The third-order valence-corrected chi connectivity index (χ3v) is 6.13. The molecule has 0 amide bonds. The van der Waals surface area contributed by atoms with Gasteiger partial charge < -0.3 is 5.11 Å². The number of hydrogen-bond donors (Lipinski definition) is 1. The van der Waals surface area contributed by atoms with E-state index in [0.717, 1.165) is 16.9 Å². The van der Waals surface area contributed by atoms with Gasteiger partial charge in [0.1, 0.15) is 5.75 Å². The van der Waals surface area contributed by atoms with Crippen molar-refractivity contribution in [1.29, 1.82) is 0 Å². The Labute approximate surface area is 122 Å². The zero-order chi connectivity index (χ0) is 14.9. The molecule has 0 bridgehead atoms. The van der Waals surface area contributed by atoms with E-state index in [4.69, 9.17) is 0 Å². The van der Waals surface area contributed by atoms with Gasteiger partial charge in [-0.15, -0.1) is 11.3 Å². The lowest BCUT2D eigenvalue weighted by Crippen LogP contribution is -2.30. The number of nitrogens with zero attached hydrogens (tertiary/aromatic N) is 2. The third-order valence-electron chi connectivity index (χ3n) is 2.89. The first-order valence-corrected chi connectivity index (χ1v) is 8.36. The molecular formula is C13H16N2O3S2. The van der Waals surface area contributed by atoms with Crippen LogP contribution in [-0.2, 0) is 10.0 Å². The molecule has 0 saturated carbocycles. The molecule has 0 unspecified atom stereocenters. The topological polar surface area (TPSA) is 70.5 Å². The van der Waals surface area contributed by atoms with Crippen LogP contribution in [0.1, 0.15) is 17.5 Å². The maximum Gasteiger partial charge on any atom is 0.275 e. The monoisotopic (exact) mass is 312 g/mol. The minimum atomic E-state index is -3.64. The van der Waals surface area contributed by atoms with Crippen LogP contribution in [0.2, 0.25) is 0 Å². The summed E-state index contributed by atoms with van der Waals surface area (Å²) >= 11 is 1.14. The van der Waals surface area contributed by atoms with Crippen molar-refractivity contribution in [3.63, 3.8) is 0 Å². The zero-order valence-corrected chi connectivity index (χ0v) is 13.1. The van der Waals surface area contributed by atoms with E-state index >= 15 is 0 Å². The van der Waals surface area contributed by atoms with E-state index in [-0.39, 0.29) is 16.5 Å². The molecule has 20 heavy (non-hydrogen) atoms. The van der Waals surface area contributed by atoms with Crippen molar-refractivity contribution < 1.29 is 13.5 Å². The number of anilines is 1. The predicted molar refractivity (Wildman–Crippen MR) is 79.9 cm³/mol. The van der Waals surface area contributed by atoms with Gasteiger partial charge in [0.15, 0.2) is 4.21 Å². The Morgan fingerprint density at radius 2 is 2.05 bits per heavy atom. The lowest BCUT2D eigenvalue weighted by molar-refractivity contribution is 0.475. The minimum absolute atomic E-state index is 0.0414. The molecule has 5 nitrogen and oxygen atoms in total. The summed E-state index contributed by atoms with van der Waals surface area (Å²) < 4.78 is 26.8. The Kier molecular flexibility index (Phi) is 4.01. The fraction of sp³-hybridized carbons (Fsp3) is 0.308. The summed E-state index contributed by atoms with van der Waals surface area (Å²) in [6, 6.07) is 4.70. The summed E-state index contributed by atoms with van der Waals surface area (Å²) in [4.78, 5) is 4.00. The molecule has 2 rings (SSSR count). The third kappa shape index (κ3) is 2.64. The van der Waals surface area contributed by atoms with E-state index in [0.29, 0.717) is 10.7 Å². The number of aromatic hydroxyl groups is 1. The molecule has 1 N–H and O–H groups in total. The fourth-order valence-electron chi connectivity index (χ4n) is 1.91. The first-order valence-electron chi connectivity index (χ1n) is 6.11. The van der Waals surface area contributed by atoms with Crippen LogP contribution < -0.4 is 4.31 Å². The SMILES string of the molecule is CCN(c1cc(O)ccc1C)S(=O)(=O)c1cnc(C)s1. The normalized spacial score (nSPS) is 11.6. The van der Waals surface area contributed by atoms with Crippen molar-refractivity contribution in [2.75, 3.05) is 10.8 Å². The maximum absolute atomic E-state index is 12.7. The van der Waals surface area contributed by atoms with Gasteiger partial charge in [-0.2, -0.15) is 0 Å². The molecule has 2 aromatic rings. The number of aromatic nitrogens is 1. The number of phenols is 1. The van der Waals surface area contributed by atoms with Crippen LogP contribution in [0.25, 0.3) is 0 Å². The highest BCUT2D eigenvalue weighted by molar-refractivity contribution is 7.94. The minimum Gasteiger partial charge on any atom is -0.508 e. The molecule has 108 valence electrons. The molecule has 0 saturated heterocycles. The first-order chi connectivity index (χ1) is 9.36. The molecule has 0 atom stereocenters. The Morgan fingerprint density at radius 3 is 2.60 bits per heavy atom. The van der Waals surface area contributed by atoms with Crippen LogP contribution in [0.4, 0.5) is 5.69 Å².